The molecule has 0 radical (unpaired) electrons. The van der Waals surface area contributed by atoms with Gasteiger partial charge in [-0.3, -0.25) is 14.4 Å². The first kappa shape index (κ1) is 41.4. The van der Waals surface area contributed by atoms with Crippen LogP contribution in [-0.2, 0) is 50.5 Å². The number of esters is 4. The van der Waals surface area contributed by atoms with Gasteiger partial charge in [0.1, 0.15) is 0 Å². The van der Waals surface area contributed by atoms with Crippen molar-refractivity contribution in [2.75, 3.05) is 26.4 Å². The summed E-state index contributed by atoms with van der Waals surface area (Å²) in [5.41, 5.74) is 0.330. The van der Waals surface area contributed by atoms with Crippen LogP contribution in [0.1, 0.15) is 53.4 Å². The van der Waals surface area contributed by atoms with E-state index in [2.05, 4.69) is 45.9 Å². The Labute approximate surface area is 263 Å². The molecule has 15 heteroatoms. The lowest BCUT2D eigenvalue weighted by molar-refractivity contribution is -0.141. The Hall–Kier alpha value is -1.63. The van der Waals surface area contributed by atoms with Gasteiger partial charge in [0.2, 0.25) is 0 Å². The summed E-state index contributed by atoms with van der Waals surface area (Å²) in [7, 11) is -10.6. The minimum absolute atomic E-state index is 0.174. The Morgan fingerprint density at radius 3 is 1.05 bits per heavy atom. The zero-order valence-corrected chi connectivity index (χ0v) is 32.2. The highest BCUT2D eigenvalue weighted by atomic mass is 28.5. The SMILES string of the molecule is C=C(C)C(=O)OCCC[Si](O[Si](C)(C)CCCOC(C)=O)(O[Si](C)(C)CCCOC(C)=O)O[Si](C)(C)CCCOC(C)=O. The first-order valence-corrected chi connectivity index (χ1v) is 26.3. The van der Waals surface area contributed by atoms with E-state index in [-0.39, 0.29) is 24.5 Å². The molecule has 0 N–H and O–H groups in total. The van der Waals surface area contributed by atoms with E-state index in [0.717, 1.165) is 18.1 Å². The second kappa shape index (κ2) is 19.7. The van der Waals surface area contributed by atoms with Crippen molar-refractivity contribution in [2.24, 2.45) is 0 Å². The monoisotopic (exact) mass is 680 g/mol. The van der Waals surface area contributed by atoms with E-state index in [1.165, 1.54) is 20.8 Å². The molecule has 0 heterocycles. The van der Waals surface area contributed by atoms with Gasteiger partial charge < -0.3 is 31.3 Å². The molecule has 0 bridgehead atoms. The molecule has 0 saturated carbocycles. The molecule has 0 aromatic rings. The molecule has 0 aromatic carbocycles. The molecule has 0 aliphatic heterocycles. The van der Waals surface area contributed by atoms with Gasteiger partial charge in [-0.05, 0) is 90.0 Å². The molecule has 0 amide bonds. The van der Waals surface area contributed by atoms with Crippen LogP contribution in [0.25, 0.3) is 0 Å². The van der Waals surface area contributed by atoms with Gasteiger partial charge in [-0.2, -0.15) is 0 Å². The Balaban J connectivity index is 6.19. The minimum Gasteiger partial charge on any atom is -0.466 e. The average Bonchev–Trinajstić information content (AvgIpc) is 2.83. The summed E-state index contributed by atoms with van der Waals surface area (Å²) >= 11 is 0. The third kappa shape index (κ3) is 21.7. The van der Waals surface area contributed by atoms with Gasteiger partial charge in [0.05, 0.1) is 26.4 Å². The highest BCUT2D eigenvalue weighted by Crippen LogP contribution is 2.34. The molecule has 0 unspecified atom stereocenters. The van der Waals surface area contributed by atoms with E-state index in [1.54, 1.807) is 6.92 Å². The third-order valence-corrected chi connectivity index (χ3v) is 22.2. The van der Waals surface area contributed by atoms with Crippen LogP contribution in [0.5, 0.6) is 0 Å². The van der Waals surface area contributed by atoms with Crippen molar-refractivity contribution in [3.63, 3.8) is 0 Å². The van der Waals surface area contributed by atoms with Crippen molar-refractivity contribution >= 4 is 57.6 Å². The van der Waals surface area contributed by atoms with Crippen LogP contribution in [0.2, 0.25) is 63.5 Å². The van der Waals surface area contributed by atoms with Crippen LogP contribution >= 0.6 is 0 Å². The fraction of sp³-hybridized carbons (Fsp3) is 0.786. The van der Waals surface area contributed by atoms with E-state index in [0.29, 0.717) is 57.1 Å². The number of hydrogen-bond donors (Lipinski definition) is 0. The molecular weight excluding hydrogens is 625 g/mol. The van der Waals surface area contributed by atoms with Crippen LogP contribution in [0, 0.1) is 0 Å². The molecule has 0 rings (SSSR count). The standard InChI is InChI=1S/C28H56O11Si4/c1-24(2)28(32)36-19-15-23-43(37-40(6,7)20-12-16-33-25(3)29,38-41(8,9)21-13-17-34-26(4)30)39-42(10,11)22-14-18-35-27(5)31/h1,12-23H2,2-11H3. The third-order valence-electron chi connectivity index (χ3n) is 6.19. The van der Waals surface area contributed by atoms with E-state index < -0.39 is 39.7 Å². The van der Waals surface area contributed by atoms with Crippen molar-refractivity contribution in [3.05, 3.63) is 12.2 Å². The van der Waals surface area contributed by atoms with Gasteiger partial charge >= 0.3 is 32.7 Å². The van der Waals surface area contributed by atoms with E-state index in [1.807, 2.05) is 0 Å². The van der Waals surface area contributed by atoms with Crippen LogP contribution in [-0.4, -0.2) is 84.1 Å². The molecule has 250 valence electrons. The van der Waals surface area contributed by atoms with Gasteiger partial charge in [-0.1, -0.05) is 6.58 Å². The summed E-state index contributed by atoms with van der Waals surface area (Å²) in [5, 5.41) is 0. The number of carbonyl (C=O) groups excluding carboxylic acids is 4. The lowest BCUT2D eigenvalue weighted by Crippen LogP contribution is -2.62. The zero-order valence-electron chi connectivity index (χ0n) is 28.2. The minimum atomic E-state index is -3.40. The van der Waals surface area contributed by atoms with Crippen molar-refractivity contribution in [1.29, 1.82) is 0 Å². The summed E-state index contributed by atoms with van der Waals surface area (Å²) in [6.45, 7) is 23.2. The zero-order chi connectivity index (χ0) is 33.3. The molecule has 0 saturated heterocycles. The summed E-state index contributed by atoms with van der Waals surface area (Å²) in [6.07, 6.45) is 2.46. The topological polar surface area (TPSA) is 133 Å². The number of carbonyl (C=O) groups is 4. The van der Waals surface area contributed by atoms with Crippen molar-refractivity contribution in [3.8, 4) is 0 Å². The van der Waals surface area contributed by atoms with E-state index in [4.69, 9.17) is 31.3 Å². The van der Waals surface area contributed by atoms with Crippen molar-refractivity contribution in [2.45, 2.75) is 117 Å². The Morgan fingerprint density at radius 1 is 0.488 bits per heavy atom. The average molecular weight is 681 g/mol. The first-order valence-electron chi connectivity index (χ1n) is 15.0. The fourth-order valence-electron chi connectivity index (χ4n) is 4.35. The second-order valence-corrected chi connectivity index (χ2v) is 29.0. The molecular formula is C28H56O11Si4. The number of hydrogen-bond acceptors (Lipinski definition) is 11. The largest absolute Gasteiger partial charge is 0.469 e. The second-order valence-electron chi connectivity index (χ2n) is 12.6. The van der Waals surface area contributed by atoms with E-state index in [9.17, 15) is 19.2 Å². The maximum absolute atomic E-state index is 12.0. The maximum Gasteiger partial charge on any atom is 0.469 e. The Bertz CT molecular complexity index is 834. The highest BCUT2D eigenvalue weighted by molar-refractivity contribution is 6.90. The highest BCUT2D eigenvalue weighted by Gasteiger charge is 2.52. The molecule has 0 atom stereocenters. The maximum atomic E-state index is 12.0. The Morgan fingerprint density at radius 2 is 0.767 bits per heavy atom. The van der Waals surface area contributed by atoms with E-state index >= 15 is 0 Å². The molecule has 0 aliphatic carbocycles. The normalized spacial score (nSPS) is 12.4. The van der Waals surface area contributed by atoms with Crippen LogP contribution in [0.3, 0.4) is 0 Å². The van der Waals surface area contributed by atoms with Gasteiger partial charge in [0.15, 0.2) is 25.0 Å². The molecule has 0 aromatic heterocycles. The molecule has 11 nitrogen and oxygen atoms in total. The van der Waals surface area contributed by atoms with Gasteiger partial charge in [-0.25, -0.2) is 4.79 Å². The molecule has 43 heavy (non-hydrogen) atoms. The van der Waals surface area contributed by atoms with Gasteiger partial charge in [0, 0.05) is 32.4 Å². The number of ether oxygens (including phenoxy) is 4. The lowest BCUT2D eigenvalue weighted by Gasteiger charge is -2.45. The molecule has 0 fully saturated rings. The predicted octanol–water partition coefficient (Wildman–Crippen LogP) is 5.96. The fourth-order valence-corrected chi connectivity index (χ4v) is 22.1. The van der Waals surface area contributed by atoms with Gasteiger partial charge in [0.25, 0.3) is 0 Å². The summed E-state index contributed by atoms with van der Waals surface area (Å²) < 4.78 is 42.1. The summed E-state index contributed by atoms with van der Waals surface area (Å²) in [6, 6.07) is 2.65. The van der Waals surface area contributed by atoms with Crippen molar-refractivity contribution < 1.29 is 50.5 Å². The molecule has 0 aliphatic rings. The quantitative estimate of drug-likeness (QED) is 0.0416. The van der Waals surface area contributed by atoms with Crippen molar-refractivity contribution in [1.82, 2.24) is 0 Å². The summed E-state index contributed by atoms with van der Waals surface area (Å²) in [5.74, 6) is -1.40. The smallest absolute Gasteiger partial charge is 0.466 e. The van der Waals surface area contributed by atoms with Crippen LogP contribution < -0.4 is 0 Å². The van der Waals surface area contributed by atoms with Crippen LogP contribution in [0.15, 0.2) is 12.2 Å². The summed E-state index contributed by atoms with van der Waals surface area (Å²) in [4.78, 5) is 45.9. The predicted molar refractivity (Wildman–Crippen MR) is 175 cm³/mol. The first-order chi connectivity index (χ1) is 19.7. The Kier molecular flexibility index (Phi) is 18.9. The number of rotatable bonds is 23. The van der Waals surface area contributed by atoms with Crippen LogP contribution in [0.4, 0.5) is 0 Å². The molecule has 0 spiro atoms. The van der Waals surface area contributed by atoms with Gasteiger partial charge in [-0.15, -0.1) is 0 Å². The lowest BCUT2D eigenvalue weighted by atomic mass is 10.4.